The van der Waals surface area contributed by atoms with Crippen LogP contribution in [0, 0.1) is 12.8 Å². The number of piperidine rings is 1. The molecule has 4 heteroatoms. The zero-order valence-corrected chi connectivity index (χ0v) is 13.4. The SMILES string of the molecule is Cc1ccc(C(=O)N(C)C2CCN(C)CC2C)c(Cl)c1. The summed E-state index contributed by atoms with van der Waals surface area (Å²) in [6, 6.07) is 5.90. The van der Waals surface area contributed by atoms with Gasteiger partial charge in [-0.25, -0.2) is 0 Å². The van der Waals surface area contributed by atoms with E-state index >= 15 is 0 Å². The van der Waals surface area contributed by atoms with E-state index in [1.54, 1.807) is 0 Å². The lowest BCUT2D eigenvalue weighted by Gasteiger charge is -2.40. The van der Waals surface area contributed by atoms with Crippen molar-refractivity contribution in [2.24, 2.45) is 5.92 Å². The maximum Gasteiger partial charge on any atom is 0.255 e. The number of hydrogen-bond acceptors (Lipinski definition) is 2. The topological polar surface area (TPSA) is 23.6 Å². The van der Waals surface area contributed by atoms with Gasteiger partial charge in [0.1, 0.15) is 0 Å². The Morgan fingerprint density at radius 1 is 1.45 bits per heavy atom. The number of aryl methyl sites for hydroxylation is 1. The number of rotatable bonds is 2. The Hall–Kier alpha value is -1.06. The smallest absolute Gasteiger partial charge is 0.255 e. The standard InChI is InChI=1S/C16H23ClN2O/c1-11-5-6-13(14(17)9-11)16(20)19(4)15-7-8-18(3)10-12(15)2/h5-6,9,12,15H,7-8,10H2,1-4H3. The van der Waals surface area contributed by atoms with Gasteiger partial charge in [-0.1, -0.05) is 24.6 Å². The van der Waals surface area contributed by atoms with E-state index in [9.17, 15) is 4.79 Å². The van der Waals surface area contributed by atoms with Crippen molar-refractivity contribution in [1.82, 2.24) is 9.80 Å². The Balaban J connectivity index is 2.16. The van der Waals surface area contributed by atoms with Gasteiger partial charge in [-0.2, -0.15) is 0 Å². The number of amides is 1. The van der Waals surface area contributed by atoms with Crippen LogP contribution in [-0.2, 0) is 0 Å². The fourth-order valence-corrected chi connectivity index (χ4v) is 3.37. The second kappa shape index (κ2) is 6.15. The predicted molar refractivity (Wildman–Crippen MR) is 83.3 cm³/mol. The molecule has 0 saturated carbocycles. The van der Waals surface area contributed by atoms with Crippen molar-refractivity contribution in [1.29, 1.82) is 0 Å². The Kier molecular flexibility index (Phi) is 4.71. The second-order valence-electron chi connectivity index (χ2n) is 5.99. The number of halogens is 1. The van der Waals surface area contributed by atoms with E-state index in [4.69, 9.17) is 11.6 Å². The van der Waals surface area contributed by atoms with Gasteiger partial charge in [0, 0.05) is 19.6 Å². The molecule has 1 aliphatic rings. The highest BCUT2D eigenvalue weighted by molar-refractivity contribution is 6.33. The molecule has 0 N–H and O–H groups in total. The van der Waals surface area contributed by atoms with Crippen LogP contribution in [0.25, 0.3) is 0 Å². The molecule has 1 amide bonds. The number of carbonyl (C=O) groups excluding carboxylic acids is 1. The highest BCUT2D eigenvalue weighted by atomic mass is 35.5. The largest absolute Gasteiger partial charge is 0.338 e. The molecule has 1 saturated heterocycles. The molecule has 1 heterocycles. The Labute approximate surface area is 126 Å². The van der Waals surface area contributed by atoms with Crippen molar-refractivity contribution in [3.8, 4) is 0 Å². The van der Waals surface area contributed by atoms with Gasteiger partial charge in [0.05, 0.1) is 10.6 Å². The average Bonchev–Trinajstić information content (AvgIpc) is 2.37. The van der Waals surface area contributed by atoms with Gasteiger partial charge < -0.3 is 9.80 Å². The first-order valence-electron chi connectivity index (χ1n) is 7.12. The molecule has 1 aromatic carbocycles. The molecule has 0 spiro atoms. The monoisotopic (exact) mass is 294 g/mol. The van der Waals surface area contributed by atoms with Gasteiger partial charge in [0.25, 0.3) is 5.91 Å². The minimum atomic E-state index is 0.0244. The van der Waals surface area contributed by atoms with Crippen molar-refractivity contribution in [3.63, 3.8) is 0 Å². The minimum Gasteiger partial charge on any atom is -0.338 e. The average molecular weight is 295 g/mol. The fourth-order valence-electron chi connectivity index (χ4n) is 3.05. The fraction of sp³-hybridized carbons (Fsp3) is 0.562. The third kappa shape index (κ3) is 3.15. The molecule has 20 heavy (non-hydrogen) atoms. The summed E-state index contributed by atoms with van der Waals surface area (Å²) in [6.45, 7) is 6.25. The Morgan fingerprint density at radius 3 is 2.75 bits per heavy atom. The number of benzene rings is 1. The van der Waals surface area contributed by atoms with E-state index in [0.717, 1.165) is 25.1 Å². The van der Waals surface area contributed by atoms with Crippen LogP contribution in [0.5, 0.6) is 0 Å². The molecule has 2 atom stereocenters. The molecule has 1 fully saturated rings. The summed E-state index contributed by atoms with van der Waals surface area (Å²) < 4.78 is 0. The van der Waals surface area contributed by atoms with Crippen LogP contribution in [0.1, 0.15) is 29.3 Å². The molecule has 0 aliphatic carbocycles. The van der Waals surface area contributed by atoms with E-state index in [1.165, 1.54) is 0 Å². The van der Waals surface area contributed by atoms with Gasteiger partial charge in [0.2, 0.25) is 0 Å². The first-order valence-corrected chi connectivity index (χ1v) is 7.49. The minimum absolute atomic E-state index is 0.0244. The molecule has 2 rings (SSSR count). The van der Waals surface area contributed by atoms with Gasteiger partial charge in [-0.3, -0.25) is 4.79 Å². The summed E-state index contributed by atoms with van der Waals surface area (Å²) >= 11 is 6.21. The van der Waals surface area contributed by atoms with E-state index in [1.807, 2.05) is 37.1 Å². The molecular formula is C16H23ClN2O. The lowest BCUT2D eigenvalue weighted by Crippen LogP contribution is -2.49. The van der Waals surface area contributed by atoms with E-state index < -0.39 is 0 Å². The second-order valence-corrected chi connectivity index (χ2v) is 6.40. The van der Waals surface area contributed by atoms with E-state index in [-0.39, 0.29) is 11.9 Å². The molecule has 110 valence electrons. The normalized spacial score (nSPS) is 23.6. The van der Waals surface area contributed by atoms with Crippen LogP contribution in [-0.4, -0.2) is 48.9 Å². The lowest BCUT2D eigenvalue weighted by molar-refractivity contribution is 0.0549. The van der Waals surface area contributed by atoms with Crippen LogP contribution < -0.4 is 0 Å². The van der Waals surface area contributed by atoms with Crippen LogP contribution in [0.3, 0.4) is 0 Å². The summed E-state index contributed by atoms with van der Waals surface area (Å²) in [5.74, 6) is 0.503. The maximum atomic E-state index is 12.6. The molecule has 1 aromatic rings. The van der Waals surface area contributed by atoms with Crippen LogP contribution in [0.2, 0.25) is 5.02 Å². The molecule has 1 aliphatic heterocycles. The van der Waals surface area contributed by atoms with Gasteiger partial charge >= 0.3 is 0 Å². The van der Waals surface area contributed by atoms with Crippen LogP contribution in [0.15, 0.2) is 18.2 Å². The third-order valence-electron chi connectivity index (χ3n) is 4.24. The van der Waals surface area contributed by atoms with E-state index in [2.05, 4.69) is 18.9 Å². The number of hydrogen-bond donors (Lipinski definition) is 0. The maximum absolute atomic E-state index is 12.6. The molecule has 3 nitrogen and oxygen atoms in total. The Bertz CT molecular complexity index is 503. The van der Waals surface area contributed by atoms with Crippen molar-refractivity contribution in [2.75, 3.05) is 27.2 Å². The number of nitrogens with zero attached hydrogens (tertiary/aromatic N) is 2. The first-order chi connectivity index (χ1) is 9.40. The highest BCUT2D eigenvalue weighted by Crippen LogP contribution is 2.24. The Morgan fingerprint density at radius 2 is 2.15 bits per heavy atom. The first kappa shape index (κ1) is 15.3. The van der Waals surface area contributed by atoms with Crippen molar-refractivity contribution >= 4 is 17.5 Å². The van der Waals surface area contributed by atoms with Gasteiger partial charge in [0.15, 0.2) is 0 Å². The zero-order valence-electron chi connectivity index (χ0n) is 12.7. The summed E-state index contributed by atoms with van der Waals surface area (Å²) in [5.41, 5.74) is 1.67. The quantitative estimate of drug-likeness (QED) is 0.837. The molecule has 0 aromatic heterocycles. The molecular weight excluding hydrogens is 272 g/mol. The zero-order chi connectivity index (χ0) is 14.9. The number of carbonyl (C=O) groups is 1. The molecule has 0 bridgehead atoms. The van der Waals surface area contributed by atoms with Crippen molar-refractivity contribution in [2.45, 2.75) is 26.3 Å². The predicted octanol–water partition coefficient (Wildman–Crippen LogP) is 3.06. The van der Waals surface area contributed by atoms with Gasteiger partial charge in [-0.05, 0) is 50.6 Å². The highest BCUT2D eigenvalue weighted by Gasteiger charge is 2.30. The number of likely N-dealkylation sites (tertiary alicyclic amines) is 1. The van der Waals surface area contributed by atoms with Crippen LogP contribution in [0.4, 0.5) is 0 Å². The lowest BCUT2D eigenvalue weighted by atomic mass is 9.92. The summed E-state index contributed by atoms with van der Waals surface area (Å²) in [5, 5.41) is 0.544. The summed E-state index contributed by atoms with van der Waals surface area (Å²) in [6.07, 6.45) is 1.02. The summed E-state index contributed by atoms with van der Waals surface area (Å²) in [4.78, 5) is 16.8. The van der Waals surface area contributed by atoms with Crippen molar-refractivity contribution < 1.29 is 4.79 Å². The van der Waals surface area contributed by atoms with Crippen molar-refractivity contribution in [3.05, 3.63) is 34.3 Å². The third-order valence-corrected chi connectivity index (χ3v) is 4.55. The molecule has 0 radical (unpaired) electrons. The molecule has 2 unspecified atom stereocenters. The van der Waals surface area contributed by atoms with Crippen LogP contribution >= 0.6 is 11.6 Å². The van der Waals surface area contributed by atoms with E-state index in [0.29, 0.717) is 16.5 Å². The summed E-state index contributed by atoms with van der Waals surface area (Å²) in [7, 11) is 4.02. The van der Waals surface area contributed by atoms with Gasteiger partial charge in [-0.15, -0.1) is 0 Å².